The number of carbonyl (C=O) groups is 1. The average Bonchev–Trinajstić information content (AvgIpc) is 2.39. The molecule has 98 valence electrons. The molecular formula is C14H18O4. The number of rotatable bonds is 4. The Kier molecular flexibility index (Phi) is 3.99. The van der Waals surface area contributed by atoms with Crippen molar-refractivity contribution in [2.24, 2.45) is 0 Å². The summed E-state index contributed by atoms with van der Waals surface area (Å²) < 4.78 is 5.74. The van der Waals surface area contributed by atoms with Gasteiger partial charge in [-0.05, 0) is 31.2 Å². The summed E-state index contributed by atoms with van der Waals surface area (Å²) in [5.74, 6) is -1.12. The average molecular weight is 250 g/mol. The lowest BCUT2D eigenvalue weighted by Gasteiger charge is -2.32. The standard InChI is InChI=1S/C14H18O4/c15-13(16)14(17)8-6-12(7-9-14)18-10-11-4-2-1-3-5-11/h1-5,12,17H,6-10H2,(H,15,16). The number of carboxylic acids is 1. The fraction of sp³-hybridized carbons (Fsp3) is 0.500. The van der Waals surface area contributed by atoms with E-state index in [1.54, 1.807) is 0 Å². The van der Waals surface area contributed by atoms with Crippen LogP contribution in [0.5, 0.6) is 0 Å². The lowest BCUT2D eigenvalue weighted by Crippen LogP contribution is -2.43. The molecule has 1 fully saturated rings. The van der Waals surface area contributed by atoms with Crippen LogP contribution in [0.4, 0.5) is 0 Å². The van der Waals surface area contributed by atoms with Crippen molar-refractivity contribution in [3.05, 3.63) is 35.9 Å². The Labute approximate surface area is 106 Å². The van der Waals surface area contributed by atoms with Crippen LogP contribution >= 0.6 is 0 Å². The molecule has 1 saturated carbocycles. The van der Waals surface area contributed by atoms with Gasteiger partial charge in [0.1, 0.15) is 0 Å². The van der Waals surface area contributed by atoms with Crippen molar-refractivity contribution in [2.75, 3.05) is 0 Å². The minimum absolute atomic E-state index is 0.0461. The minimum atomic E-state index is -1.55. The zero-order valence-corrected chi connectivity index (χ0v) is 10.2. The number of aliphatic carboxylic acids is 1. The van der Waals surface area contributed by atoms with Crippen molar-refractivity contribution in [3.8, 4) is 0 Å². The maximum absolute atomic E-state index is 10.9. The second-order valence-corrected chi connectivity index (χ2v) is 4.83. The van der Waals surface area contributed by atoms with Gasteiger partial charge in [-0.2, -0.15) is 0 Å². The molecule has 1 aromatic rings. The predicted molar refractivity (Wildman–Crippen MR) is 66.1 cm³/mol. The highest BCUT2D eigenvalue weighted by Gasteiger charge is 2.40. The van der Waals surface area contributed by atoms with E-state index in [0.717, 1.165) is 5.56 Å². The molecule has 1 aliphatic carbocycles. The van der Waals surface area contributed by atoms with Gasteiger partial charge in [-0.25, -0.2) is 4.79 Å². The Hall–Kier alpha value is -1.39. The zero-order chi connectivity index (χ0) is 13.0. The summed E-state index contributed by atoms with van der Waals surface area (Å²) in [6.45, 7) is 0.539. The molecule has 0 spiro atoms. The molecule has 4 nitrogen and oxygen atoms in total. The molecule has 0 radical (unpaired) electrons. The summed E-state index contributed by atoms with van der Waals surface area (Å²) in [7, 11) is 0. The van der Waals surface area contributed by atoms with E-state index < -0.39 is 11.6 Å². The largest absolute Gasteiger partial charge is 0.479 e. The van der Waals surface area contributed by atoms with E-state index >= 15 is 0 Å². The van der Waals surface area contributed by atoms with Gasteiger partial charge < -0.3 is 14.9 Å². The Balaban J connectivity index is 1.79. The molecule has 0 heterocycles. The van der Waals surface area contributed by atoms with Gasteiger partial charge in [0.15, 0.2) is 5.60 Å². The minimum Gasteiger partial charge on any atom is -0.479 e. The van der Waals surface area contributed by atoms with Crippen LogP contribution in [0.1, 0.15) is 31.2 Å². The first kappa shape index (κ1) is 13.1. The van der Waals surface area contributed by atoms with E-state index in [2.05, 4.69) is 0 Å². The monoisotopic (exact) mass is 250 g/mol. The topological polar surface area (TPSA) is 66.8 Å². The van der Waals surface area contributed by atoms with Crippen LogP contribution < -0.4 is 0 Å². The zero-order valence-electron chi connectivity index (χ0n) is 10.2. The first-order valence-electron chi connectivity index (χ1n) is 6.21. The van der Waals surface area contributed by atoms with E-state index in [1.807, 2.05) is 30.3 Å². The van der Waals surface area contributed by atoms with Crippen LogP contribution in [0.3, 0.4) is 0 Å². The quantitative estimate of drug-likeness (QED) is 0.857. The molecule has 0 atom stereocenters. The lowest BCUT2D eigenvalue weighted by molar-refractivity contribution is -0.165. The summed E-state index contributed by atoms with van der Waals surface area (Å²) in [5.41, 5.74) is -0.441. The molecule has 0 unspecified atom stereocenters. The maximum Gasteiger partial charge on any atom is 0.335 e. The van der Waals surface area contributed by atoms with Crippen LogP contribution in [0, 0.1) is 0 Å². The van der Waals surface area contributed by atoms with E-state index in [-0.39, 0.29) is 18.9 Å². The number of hydrogen-bond donors (Lipinski definition) is 2. The van der Waals surface area contributed by atoms with E-state index in [1.165, 1.54) is 0 Å². The molecule has 1 aromatic carbocycles. The number of aliphatic hydroxyl groups is 1. The molecule has 18 heavy (non-hydrogen) atoms. The molecule has 4 heteroatoms. The maximum atomic E-state index is 10.9. The lowest BCUT2D eigenvalue weighted by atomic mass is 9.83. The van der Waals surface area contributed by atoms with Crippen LogP contribution in [-0.2, 0) is 16.1 Å². The van der Waals surface area contributed by atoms with Crippen molar-refractivity contribution >= 4 is 5.97 Å². The molecule has 0 aromatic heterocycles. The Morgan fingerprint density at radius 3 is 2.44 bits per heavy atom. The number of hydrogen-bond acceptors (Lipinski definition) is 3. The normalized spacial score (nSPS) is 27.9. The third-order valence-corrected chi connectivity index (χ3v) is 3.49. The van der Waals surface area contributed by atoms with Crippen molar-refractivity contribution in [3.63, 3.8) is 0 Å². The van der Waals surface area contributed by atoms with Gasteiger partial charge in [-0.1, -0.05) is 30.3 Å². The molecule has 2 N–H and O–H groups in total. The Morgan fingerprint density at radius 1 is 1.28 bits per heavy atom. The molecule has 1 aliphatic rings. The molecule has 0 aliphatic heterocycles. The summed E-state index contributed by atoms with van der Waals surface area (Å²) in [5, 5.41) is 18.7. The fourth-order valence-electron chi connectivity index (χ4n) is 2.24. The van der Waals surface area contributed by atoms with Crippen molar-refractivity contribution in [2.45, 2.75) is 44.0 Å². The van der Waals surface area contributed by atoms with Gasteiger partial charge in [0.25, 0.3) is 0 Å². The van der Waals surface area contributed by atoms with Gasteiger partial charge >= 0.3 is 5.97 Å². The molecule has 0 amide bonds. The summed E-state index contributed by atoms with van der Waals surface area (Å²) in [6, 6.07) is 9.87. The third kappa shape index (κ3) is 3.09. The summed E-state index contributed by atoms with van der Waals surface area (Å²) in [6.07, 6.45) is 1.76. The third-order valence-electron chi connectivity index (χ3n) is 3.49. The van der Waals surface area contributed by atoms with Gasteiger partial charge in [0.05, 0.1) is 12.7 Å². The van der Waals surface area contributed by atoms with Crippen LogP contribution in [0.2, 0.25) is 0 Å². The fourth-order valence-corrected chi connectivity index (χ4v) is 2.24. The van der Waals surface area contributed by atoms with Crippen LogP contribution in [0.25, 0.3) is 0 Å². The predicted octanol–water partition coefficient (Wildman–Crippen LogP) is 1.96. The van der Waals surface area contributed by atoms with Crippen LogP contribution in [-0.4, -0.2) is 27.9 Å². The summed E-state index contributed by atoms with van der Waals surface area (Å²) in [4.78, 5) is 10.9. The molecule has 0 saturated heterocycles. The van der Waals surface area contributed by atoms with Crippen LogP contribution in [0.15, 0.2) is 30.3 Å². The molecule has 0 bridgehead atoms. The van der Waals surface area contributed by atoms with Crippen molar-refractivity contribution in [1.82, 2.24) is 0 Å². The first-order valence-corrected chi connectivity index (χ1v) is 6.21. The Morgan fingerprint density at radius 2 is 1.89 bits per heavy atom. The van der Waals surface area contributed by atoms with E-state index in [9.17, 15) is 9.90 Å². The number of carboxylic acid groups (broad SMARTS) is 1. The SMILES string of the molecule is O=C(O)C1(O)CCC(OCc2ccccc2)CC1. The van der Waals surface area contributed by atoms with Crippen molar-refractivity contribution < 1.29 is 19.7 Å². The van der Waals surface area contributed by atoms with Gasteiger partial charge in [0, 0.05) is 0 Å². The van der Waals surface area contributed by atoms with E-state index in [0.29, 0.717) is 19.4 Å². The molecular weight excluding hydrogens is 232 g/mol. The highest BCUT2D eigenvalue weighted by Crippen LogP contribution is 2.30. The molecule has 2 rings (SSSR count). The van der Waals surface area contributed by atoms with Crippen molar-refractivity contribution in [1.29, 1.82) is 0 Å². The number of benzene rings is 1. The second-order valence-electron chi connectivity index (χ2n) is 4.83. The highest BCUT2D eigenvalue weighted by atomic mass is 16.5. The Bertz CT molecular complexity index is 394. The smallest absolute Gasteiger partial charge is 0.335 e. The van der Waals surface area contributed by atoms with Gasteiger partial charge in [0.2, 0.25) is 0 Å². The van der Waals surface area contributed by atoms with Gasteiger partial charge in [-0.15, -0.1) is 0 Å². The second kappa shape index (κ2) is 5.50. The van der Waals surface area contributed by atoms with Gasteiger partial charge in [-0.3, -0.25) is 0 Å². The first-order chi connectivity index (χ1) is 8.60. The van der Waals surface area contributed by atoms with E-state index in [4.69, 9.17) is 9.84 Å². The number of ether oxygens (including phenoxy) is 1. The summed E-state index contributed by atoms with van der Waals surface area (Å²) >= 11 is 0. The highest BCUT2D eigenvalue weighted by molar-refractivity contribution is 5.77.